The van der Waals surface area contributed by atoms with Gasteiger partial charge >= 0.3 is 0 Å². The predicted octanol–water partition coefficient (Wildman–Crippen LogP) is 4.37. The molecule has 8 heteroatoms. The molecule has 0 fully saturated rings. The highest BCUT2D eigenvalue weighted by atomic mass is 32.2. The van der Waals surface area contributed by atoms with Gasteiger partial charge in [0.15, 0.2) is 15.8 Å². The molecule has 0 spiro atoms. The number of nitrogens with zero attached hydrogens (tertiary/aromatic N) is 2. The van der Waals surface area contributed by atoms with Crippen LogP contribution in [0, 0.1) is 0 Å². The van der Waals surface area contributed by atoms with Gasteiger partial charge in [0.25, 0.3) is 5.91 Å². The molecular weight excluding hydrogens is 370 g/mol. The third kappa shape index (κ3) is 3.66. The Morgan fingerprint density at radius 1 is 1.15 bits per heavy atom. The molecule has 0 radical (unpaired) electrons. The van der Waals surface area contributed by atoms with E-state index in [9.17, 15) is 4.79 Å². The molecule has 1 aromatic heterocycles. The number of hydrogen-bond acceptors (Lipinski definition) is 7. The molecule has 3 aromatic rings. The maximum absolute atomic E-state index is 12.4. The monoisotopic (exact) mass is 385 g/mol. The van der Waals surface area contributed by atoms with E-state index >= 15 is 0 Å². The van der Waals surface area contributed by atoms with Gasteiger partial charge in [-0.3, -0.25) is 10.1 Å². The zero-order chi connectivity index (χ0) is 17.9. The summed E-state index contributed by atoms with van der Waals surface area (Å²) in [4.78, 5) is 12.4. The molecule has 0 saturated carbocycles. The third-order valence-electron chi connectivity index (χ3n) is 3.81. The summed E-state index contributed by atoms with van der Waals surface area (Å²) in [6, 6.07) is 15.3. The van der Waals surface area contributed by atoms with Gasteiger partial charge in [0.05, 0.1) is 0 Å². The van der Waals surface area contributed by atoms with Crippen LogP contribution in [0.1, 0.15) is 28.1 Å². The lowest BCUT2D eigenvalue weighted by Gasteiger charge is -2.08. The van der Waals surface area contributed by atoms with Crippen LogP contribution in [0.3, 0.4) is 0 Å². The summed E-state index contributed by atoms with van der Waals surface area (Å²) in [5.41, 5.74) is 1.70. The average molecular weight is 385 g/mol. The highest BCUT2D eigenvalue weighted by Crippen LogP contribution is 2.37. The van der Waals surface area contributed by atoms with E-state index in [-0.39, 0.29) is 18.0 Å². The zero-order valence-corrected chi connectivity index (χ0v) is 15.5. The minimum atomic E-state index is -0.257. The second kappa shape index (κ2) is 7.35. The van der Waals surface area contributed by atoms with Crippen LogP contribution in [0.15, 0.2) is 52.9 Å². The molecule has 1 atom stereocenters. The number of fused-ring (bicyclic) bond motifs is 1. The SMILES string of the molecule is C[C@H](Sc1nnc(NC(=O)c2ccc3c(c2)OCO3)s1)c1ccccc1. The Morgan fingerprint density at radius 2 is 1.96 bits per heavy atom. The number of aromatic nitrogens is 2. The summed E-state index contributed by atoms with van der Waals surface area (Å²) in [5.74, 6) is 0.959. The summed E-state index contributed by atoms with van der Waals surface area (Å²) in [5, 5.41) is 11.7. The van der Waals surface area contributed by atoms with Gasteiger partial charge in [-0.2, -0.15) is 0 Å². The zero-order valence-electron chi connectivity index (χ0n) is 13.8. The van der Waals surface area contributed by atoms with Crippen LogP contribution in [-0.2, 0) is 0 Å². The lowest BCUT2D eigenvalue weighted by atomic mass is 10.2. The first kappa shape index (κ1) is 16.9. The molecule has 132 valence electrons. The number of hydrogen-bond donors (Lipinski definition) is 1. The van der Waals surface area contributed by atoms with Crippen LogP contribution in [0.25, 0.3) is 0 Å². The van der Waals surface area contributed by atoms with Gasteiger partial charge in [-0.05, 0) is 30.7 Å². The average Bonchev–Trinajstić information content (AvgIpc) is 3.31. The number of carbonyl (C=O) groups is 1. The van der Waals surface area contributed by atoms with Crippen molar-refractivity contribution in [2.75, 3.05) is 12.1 Å². The smallest absolute Gasteiger partial charge is 0.257 e. The van der Waals surface area contributed by atoms with E-state index in [2.05, 4.69) is 34.6 Å². The first-order valence-electron chi connectivity index (χ1n) is 7.95. The number of amides is 1. The number of anilines is 1. The lowest BCUT2D eigenvalue weighted by molar-refractivity contribution is 0.102. The van der Waals surface area contributed by atoms with E-state index in [0.717, 1.165) is 4.34 Å². The first-order valence-corrected chi connectivity index (χ1v) is 9.65. The molecule has 0 saturated heterocycles. The van der Waals surface area contributed by atoms with Crippen molar-refractivity contribution in [3.05, 3.63) is 59.7 Å². The summed E-state index contributed by atoms with van der Waals surface area (Å²) >= 11 is 2.97. The molecule has 1 N–H and O–H groups in total. The molecule has 2 heterocycles. The second-order valence-corrected chi connectivity index (χ2v) is 8.13. The van der Waals surface area contributed by atoms with Gasteiger partial charge in [0, 0.05) is 10.8 Å². The van der Waals surface area contributed by atoms with E-state index in [1.54, 1.807) is 30.0 Å². The van der Waals surface area contributed by atoms with E-state index in [1.165, 1.54) is 16.9 Å². The third-order valence-corrected chi connectivity index (χ3v) is 5.89. The Bertz CT molecular complexity index is 930. The second-order valence-electron chi connectivity index (χ2n) is 5.57. The highest BCUT2D eigenvalue weighted by molar-refractivity contribution is 8.01. The minimum absolute atomic E-state index is 0.178. The van der Waals surface area contributed by atoms with Crippen LogP contribution in [0.4, 0.5) is 5.13 Å². The lowest BCUT2D eigenvalue weighted by Crippen LogP contribution is -2.11. The van der Waals surface area contributed by atoms with Crippen molar-refractivity contribution in [3.8, 4) is 11.5 Å². The molecule has 1 amide bonds. The van der Waals surface area contributed by atoms with Crippen LogP contribution < -0.4 is 14.8 Å². The topological polar surface area (TPSA) is 73.3 Å². The fraction of sp³-hybridized carbons (Fsp3) is 0.167. The Hall–Kier alpha value is -2.58. The Balaban J connectivity index is 1.41. The molecule has 1 aliphatic rings. The van der Waals surface area contributed by atoms with Crippen molar-refractivity contribution in [3.63, 3.8) is 0 Å². The molecule has 26 heavy (non-hydrogen) atoms. The van der Waals surface area contributed by atoms with Crippen LogP contribution in [-0.4, -0.2) is 22.9 Å². The van der Waals surface area contributed by atoms with E-state index < -0.39 is 0 Å². The number of benzene rings is 2. The van der Waals surface area contributed by atoms with Gasteiger partial charge < -0.3 is 9.47 Å². The van der Waals surface area contributed by atoms with Crippen LogP contribution in [0.5, 0.6) is 11.5 Å². The van der Waals surface area contributed by atoms with E-state index in [0.29, 0.717) is 22.2 Å². The molecule has 4 rings (SSSR count). The van der Waals surface area contributed by atoms with Crippen molar-refractivity contribution in [2.45, 2.75) is 16.5 Å². The van der Waals surface area contributed by atoms with Gasteiger partial charge in [0.2, 0.25) is 11.9 Å². The molecule has 0 bridgehead atoms. The fourth-order valence-corrected chi connectivity index (χ4v) is 4.48. The highest BCUT2D eigenvalue weighted by Gasteiger charge is 2.18. The van der Waals surface area contributed by atoms with Gasteiger partial charge in [0.1, 0.15) is 0 Å². The maximum Gasteiger partial charge on any atom is 0.257 e. The van der Waals surface area contributed by atoms with E-state index in [4.69, 9.17) is 9.47 Å². The number of ether oxygens (including phenoxy) is 2. The molecule has 0 unspecified atom stereocenters. The van der Waals surface area contributed by atoms with Crippen LogP contribution >= 0.6 is 23.1 Å². The number of rotatable bonds is 5. The standard InChI is InChI=1S/C18H15N3O3S2/c1-11(12-5-3-2-4-6-12)25-18-21-20-17(26-18)19-16(22)13-7-8-14-15(9-13)24-10-23-14/h2-9,11H,10H2,1H3,(H,19,20,22)/t11-/m0/s1. The minimum Gasteiger partial charge on any atom is -0.454 e. The first-order chi connectivity index (χ1) is 12.7. The Kier molecular flexibility index (Phi) is 4.77. The molecule has 1 aliphatic heterocycles. The number of thioether (sulfide) groups is 1. The largest absolute Gasteiger partial charge is 0.454 e. The quantitative estimate of drug-likeness (QED) is 0.519. The van der Waals surface area contributed by atoms with Crippen molar-refractivity contribution < 1.29 is 14.3 Å². The molecular formula is C18H15N3O3S2. The van der Waals surface area contributed by atoms with Crippen molar-refractivity contribution in [2.24, 2.45) is 0 Å². The summed E-state index contributed by atoms with van der Waals surface area (Å²) in [6.07, 6.45) is 0. The van der Waals surface area contributed by atoms with Crippen molar-refractivity contribution in [1.82, 2.24) is 10.2 Å². The molecule has 0 aliphatic carbocycles. The normalized spacial score (nSPS) is 13.4. The number of nitrogens with one attached hydrogen (secondary N) is 1. The van der Waals surface area contributed by atoms with Gasteiger partial charge in [-0.25, -0.2) is 0 Å². The predicted molar refractivity (Wildman–Crippen MR) is 101 cm³/mol. The number of carbonyl (C=O) groups excluding carboxylic acids is 1. The van der Waals surface area contributed by atoms with Gasteiger partial charge in [-0.1, -0.05) is 53.4 Å². The maximum atomic E-state index is 12.4. The Morgan fingerprint density at radius 3 is 2.81 bits per heavy atom. The van der Waals surface area contributed by atoms with Crippen molar-refractivity contribution >= 4 is 34.1 Å². The van der Waals surface area contributed by atoms with E-state index in [1.807, 2.05) is 18.2 Å². The Labute approximate surface area is 158 Å². The summed E-state index contributed by atoms with van der Waals surface area (Å²) in [6.45, 7) is 2.29. The molecule has 2 aromatic carbocycles. The molecule has 6 nitrogen and oxygen atoms in total. The van der Waals surface area contributed by atoms with Crippen molar-refractivity contribution in [1.29, 1.82) is 0 Å². The fourth-order valence-electron chi connectivity index (χ4n) is 2.46. The summed E-state index contributed by atoms with van der Waals surface area (Å²) < 4.78 is 11.4. The summed E-state index contributed by atoms with van der Waals surface area (Å²) in [7, 11) is 0. The van der Waals surface area contributed by atoms with Gasteiger partial charge in [-0.15, -0.1) is 10.2 Å². The van der Waals surface area contributed by atoms with Crippen LogP contribution in [0.2, 0.25) is 0 Å².